The number of hydrogen-bond acceptors (Lipinski definition) is 2. The van der Waals surface area contributed by atoms with Crippen LogP contribution < -0.4 is 5.32 Å². The van der Waals surface area contributed by atoms with Crippen molar-refractivity contribution in [2.45, 2.75) is 39.2 Å². The van der Waals surface area contributed by atoms with Crippen LogP contribution in [-0.2, 0) is 0 Å². The first-order valence-electron chi connectivity index (χ1n) is 6.90. The molecule has 0 heterocycles. The fraction of sp³-hybridized carbons (Fsp3) is 0.533. The molecule has 0 spiro atoms. The summed E-state index contributed by atoms with van der Waals surface area (Å²) in [4.78, 5) is 14.1. The van der Waals surface area contributed by atoms with Crippen molar-refractivity contribution >= 4 is 11.6 Å². The number of benzene rings is 1. The summed E-state index contributed by atoms with van der Waals surface area (Å²) in [6.45, 7) is 5.54. The van der Waals surface area contributed by atoms with Crippen molar-refractivity contribution in [3.8, 4) is 0 Å². The predicted molar refractivity (Wildman–Crippen MR) is 75.0 cm³/mol. The molecule has 0 atom stereocenters. The van der Waals surface area contributed by atoms with Crippen LogP contribution in [0.15, 0.2) is 24.3 Å². The average molecular weight is 246 g/mol. The highest BCUT2D eigenvalue weighted by Gasteiger charge is 2.18. The van der Waals surface area contributed by atoms with E-state index in [-0.39, 0.29) is 5.91 Å². The lowest BCUT2D eigenvalue weighted by Crippen LogP contribution is -2.31. The number of hydrogen-bond donors (Lipinski definition) is 1. The van der Waals surface area contributed by atoms with Crippen LogP contribution in [0.5, 0.6) is 0 Å². The minimum absolute atomic E-state index is 0.122. The molecular weight excluding hydrogens is 224 g/mol. The van der Waals surface area contributed by atoms with E-state index in [0.29, 0.717) is 6.04 Å². The summed E-state index contributed by atoms with van der Waals surface area (Å²) in [5, 5.41) is 3.48. The van der Waals surface area contributed by atoms with Crippen LogP contribution in [0.4, 0.5) is 5.69 Å². The minimum Gasteiger partial charge on any atom is -0.382 e. The van der Waals surface area contributed by atoms with E-state index < -0.39 is 0 Å². The fourth-order valence-electron chi connectivity index (χ4n) is 2.22. The summed E-state index contributed by atoms with van der Waals surface area (Å²) in [5.41, 5.74) is 1.85. The molecule has 1 fully saturated rings. The van der Waals surface area contributed by atoms with Gasteiger partial charge in [-0.2, -0.15) is 0 Å². The van der Waals surface area contributed by atoms with Gasteiger partial charge in [0.25, 0.3) is 5.91 Å². The SMILES string of the molecule is CCN(CC)C(=O)c1cccc(NC2CCC2)c1. The molecule has 0 unspecified atom stereocenters. The van der Waals surface area contributed by atoms with E-state index in [2.05, 4.69) is 5.32 Å². The van der Waals surface area contributed by atoms with Gasteiger partial charge < -0.3 is 10.2 Å². The molecule has 1 amide bonds. The van der Waals surface area contributed by atoms with Gasteiger partial charge in [0.15, 0.2) is 0 Å². The normalized spacial score (nSPS) is 15.0. The molecule has 98 valence electrons. The number of carbonyl (C=O) groups excluding carboxylic acids is 1. The Morgan fingerprint density at radius 3 is 2.61 bits per heavy atom. The van der Waals surface area contributed by atoms with E-state index in [1.54, 1.807) is 0 Å². The van der Waals surface area contributed by atoms with Crippen molar-refractivity contribution in [2.24, 2.45) is 0 Å². The molecule has 2 rings (SSSR count). The molecule has 0 aromatic heterocycles. The fourth-order valence-corrected chi connectivity index (χ4v) is 2.22. The molecule has 1 saturated carbocycles. The summed E-state index contributed by atoms with van der Waals surface area (Å²) in [6.07, 6.45) is 3.80. The molecule has 1 aromatic carbocycles. The minimum atomic E-state index is 0.122. The Bertz CT molecular complexity index is 409. The van der Waals surface area contributed by atoms with E-state index in [1.165, 1.54) is 19.3 Å². The standard InChI is InChI=1S/C15H22N2O/c1-3-17(4-2)15(18)12-7-5-10-14(11-12)16-13-8-6-9-13/h5,7,10-11,13,16H,3-4,6,8-9H2,1-2H3. The molecule has 0 radical (unpaired) electrons. The number of anilines is 1. The predicted octanol–water partition coefficient (Wildman–Crippen LogP) is 3.13. The largest absolute Gasteiger partial charge is 0.382 e. The van der Waals surface area contributed by atoms with E-state index >= 15 is 0 Å². The Kier molecular flexibility index (Phi) is 4.24. The summed E-state index contributed by atoms with van der Waals surface area (Å²) in [6, 6.07) is 8.46. The molecule has 18 heavy (non-hydrogen) atoms. The first-order chi connectivity index (χ1) is 8.74. The molecule has 3 nitrogen and oxygen atoms in total. The van der Waals surface area contributed by atoms with E-state index in [0.717, 1.165) is 24.3 Å². The van der Waals surface area contributed by atoms with Gasteiger partial charge >= 0.3 is 0 Å². The number of carbonyl (C=O) groups is 1. The van der Waals surface area contributed by atoms with Crippen LogP contribution in [0.3, 0.4) is 0 Å². The first-order valence-corrected chi connectivity index (χ1v) is 6.90. The van der Waals surface area contributed by atoms with Gasteiger partial charge in [-0.3, -0.25) is 4.79 Å². The van der Waals surface area contributed by atoms with Gasteiger partial charge in [-0.25, -0.2) is 0 Å². The lowest BCUT2D eigenvalue weighted by molar-refractivity contribution is 0.0773. The highest BCUT2D eigenvalue weighted by molar-refractivity contribution is 5.95. The zero-order valence-corrected chi connectivity index (χ0v) is 11.3. The van der Waals surface area contributed by atoms with Gasteiger partial charge in [0.2, 0.25) is 0 Å². The smallest absolute Gasteiger partial charge is 0.253 e. The van der Waals surface area contributed by atoms with Crippen LogP contribution in [0, 0.1) is 0 Å². The van der Waals surface area contributed by atoms with Crippen LogP contribution >= 0.6 is 0 Å². The zero-order chi connectivity index (χ0) is 13.0. The number of amides is 1. The molecular formula is C15H22N2O. The summed E-state index contributed by atoms with van der Waals surface area (Å²) >= 11 is 0. The Morgan fingerprint density at radius 1 is 1.33 bits per heavy atom. The van der Waals surface area contributed by atoms with Gasteiger partial charge in [-0.05, 0) is 51.3 Å². The van der Waals surface area contributed by atoms with Crippen LogP contribution in [0.2, 0.25) is 0 Å². The van der Waals surface area contributed by atoms with Crippen molar-refractivity contribution in [2.75, 3.05) is 18.4 Å². The van der Waals surface area contributed by atoms with Gasteiger partial charge in [0.1, 0.15) is 0 Å². The third kappa shape index (κ3) is 2.84. The third-order valence-electron chi connectivity index (χ3n) is 3.64. The van der Waals surface area contributed by atoms with Crippen LogP contribution in [0.1, 0.15) is 43.5 Å². The Hall–Kier alpha value is -1.51. The summed E-state index contributed by atoms with van der Waals surface area (Å²) in [5.74, 6) is 0.122. The topological polar surface area (TPSA) is 32.3 Å². The van der Waals surface area contributed by atoms with Crippen LogP contribution in [-0.4, -0.2) is 29.9 Å². The monoisotopic (exact) mass is 246 g/mol. The second-order valence-corrected chi connectivity index (χ2v) is 4.83. The lowest BCUT2D eigenvalue weighted by atomic mass is 9.93. The third-order valence-corrected chi connectivity index (χ3v) is 3.64. The number of nitrogens with zero attached hydrogens (tertiary/aromatic N) is 1. The highest BCUT2D eigenvalue weighted by atomic mass is 16.2. The second-order valence-electron chi connectivity index (χ2n) is 4.83. The van der Waals surface area contributed by atoms with Gasteiger partial charge in [0.05, 0.1) is 0 Å². The van der Waals surface area contributed by atoms with E-state index in [4.69, 9.17) is 0 Å². The Morgan fingerprint density at radius 2 is 2.06 bits per heavy atom. The molecule has 1 aromatic rings. The molecule has 1 aliphatic rings. The van der Waals surface area contributed by atoms with Gasteiger partial charge in [-0.15, -0.1) is 0 Å². The highest BCUT2D eigenvalue weighted by Crippen LogP contribution is 2.23. The van der Waals surface area contributed by atoms with Gasteiger partial charge in [0, 0.05) is 30.4 Å². The quantitative estimate of drug-likeness (QED) is 0.865. The molecule has 0 saturated heterocycles. The first kappa shape index (κ1) is 12.9. The average Bonchev–Trinajstić information content (AvgIpc) is 2.35. The Balaban J connectivity index is 2.07. The van der Waals surface area contributed by atoms with Crippen molar-refractivity contribution in [3.63, 3.8) is 0 Å². The maximum absolute atomic E-state index is 12.2. The summed E-state index contributed by atoms with van der Waals surface area (Å²) in [7, 11) is 0. The second kappa shape index (κ2) is 5.89. The molecule has 0 bridgehead atoms. The number of nitrogens with one attached hydrogen (secondary N) is 1. The van der Waals surface area contributed by atoms with Crippen molar-refractivity contribution < 1.29 is 4.79 Å². The zero-order valence-electron chi connectivity index (χ0n) is 11.3. The summed E-state index contributed by atoms with van der Waals surface area (Å²) < 4.78 is 0. The molecule has 0 aliphatic heterocycles. The van der Waals surface area contributed by atoms with Gasteiger partial charge in [-0.1, -0.05) is 6.07 Å². The van der Waals surface area contributed by atoms with E-state index in [1.807, 2.05) is 43.0 Å². The van der Waals surface area contributed by atoms with Crippen molar-refractivity contribution in [3.05, 3.63) is 29.8 Å². The molecule has 1 N–H and O–H groups in total. The maximum atomic E-state index is 12.2. The van der Waals surface area contributed by atoms with Crippen molar-refractivity contribution in [1.82, 2.24) is 4.90 Å². The molecule has 3 heteroatoms. The maximum Gasteiger partial charge on any atom is 0.253 e. The van der Waals surface area contributed by atoms with E-state index in [9.17, 15) is 4.79 Å². The molecule has 1 aliphatic carbocycles. The van der Waals surface area contributed by atoms with Crippen molar-refractivity contribution in [1.29, 1.82) is 0 Å². The van der Waals surface area contributed by atoms with Crippen LogP contribution in [0.25, 0.3) is 0 Å². The Labute approximate surface area is 109 Å². The lowest BCUT2D eigenvalue weighted by Gasteiger charge is -2.27. The number of rotatable bonds is 5.